The van der Waals surface area contributed by atoms with Crippen LogP contribution in [0, 0.1) is 5.92 Å². The van der Waals surface area contributed by atoms with Crippen LogP contribution in [0.2, 0.25) is 0 Å². The number of nitrogens with one attached hydrogen (secondary N) is 1. The molecule has 3 heterocycles. The van der Waals surface area contributed by atoms with Gasteiger partial charge in [-0.25, -0.2) is 14.6 Å². The highest BCUT2D eigenvalue weighted by Crippen LogP contribution is 2.20. The van der Waals surface area contributed by atoms with Crippen LogP contribution in [-0.4, -0.2) is 49.0 Å². The maximum absolute atomic E-state index is 12.4. The molecule has 0 aromatic carbocycles. The molecule has 2 amide bonds. The normalized spacial score (nSPS) is 17.5. The van der Waals surface area contributed by atoms with Crippen molar-refractivity contribution in [2.45, 2.75) is 32.9 Å². The molecule has 1 N–H and O–H groups in total. The van der Waals surface area contributed by atoms with Gasteiger partial charge in [-0.05, 0) is 19.9 Å². The summed E-state index contributed by atoms with van der Waals surface area (Å²) in [5.74, 6) is 0.253. The van der Waals surface area contributed by atoms with E-state index in [9.17, 15) is 9.59 Å². The summed E-state index contributed by atoms with van der Waals surface area (Å²) in [4.78, 5) is 34.3. The number of aromatic nitrogens is 4. The van der Waals surface area contributed by atoms with Crippen LogP contribution in [0.15, 0.2) is 31.0 Å². The van der Waals surface area contributed by atoms with Crippen LogP contribution < -0.4 is 5.32 Å². The number of likely N-dealkylation sites (tertiary alicyclic amines) is 1. The minimum Gasteiger partial charge on any atom is -0.352 e. The fourth-order valence-corrected chi connectivity index (χ4v) is 2.83. The number of nitrogens with zero attached hydrogens (tertiary/aromatic N) is 5. The molecule has 1 fully saturated rings. The highest BCUT2D eigenvalue weighted by molar-refractivity contribution is 5.89. The summed E-state index contributed by atoms with van der Waals surface area (Å²) in [5, 5.41) is 6.97. The first-order chi connectivity index (χ1) is 11.6. The Balaban J connectivity index is 1.65. The van der Waals surface area contributed by atoms with Gasteiger partial charge in [0, 0.05) is 37.3 Å². The van der Waals surface area contributed by atoms with Crippen molar-refractivity contribution in [1.82, 2.24) is 30.0 Å². The minimum atomic E-state index is -0.300. The summed E-state index contributed by atoms with van der Waals surface area (Å²) in [5.41, 5.74) is 0.835. The van der Waals surface area contributed by atoms with E-state index in [0.29, 0.717) is 18.9 Å². The van der Waals surface area contributed by atoms with Gasteiger partial charge in [0.15, 0.2) is 5.82 Å². The van der Waals surface area contributed by atoms with E-state index in [4.69, 9.17) is 0 Å². The molecule has 3 rings (SSSR count). The van der Waals surface area contributed by atoms with Crippen molar-refractivity contribution < 1.29 is 9.59 Å². The van der Waals surface area contributed by atoms with Crippen molar-refractivity contribution in [3.63, 3.8) is 0 Å². The predicted octanol–water partition coefficient (Wildman–Crippen LogP) is 0.535. The van der Waals surface area contributed by atoms with E-state index < -0.39 is 0 Å². The molecule has 0 bridgehead atoms. The molecule has 1 aliphatic heterocycles. The van der Waals surface area contributed by atoms with E-state index >= 15 is 0 Å². The van der Waals surface area contributed by atoms with Gasteiger partial charge in [-0.1, -0.05) is 6.07 Å². The summed E-state index contributed by atoms with van der Waals surface area (Å²) < 4.78 is 1.56. The van der Waals surface area contributed by atoms with Crippen LogP contribution in [0.3, 0.4) is 0 Å². The molecule has 126 valence electrons. The summed E-state index contributed by atoms with van der Waals surface area (Å²) in [6.45, 7) is 4.72. The van der Waals surface area contributed by atoms with Crippen LogP contribution >= 0.6 is 0 Å². The molecule has 1 atom stereocenters. The van der Waals surface area contributed by atoms with Gasteiger partial charge in [0.1, 0.15) is 12.7 Å². The summed E-state index contributed by atoms with van der Waals surface area (Å²) in [6.07, 6.45) is 4.93. The molecule has 1 aliphatic rings. The lowest BCUT2D eigenvalue weighted by Crippen LogP contribution is -2.35. The van der Waals surface area contributed by atoms with E-state index in [1.54, 1.807) is 22.1 Å². The Bertz CT molecular complexity index is 728. The predicted molar refractivity (Wildman–Crippen MR) is 86.0 cm³/mol. The highest BCUT2D eigenvalue weighted by Gasteiger charge is 2.35. The number of pyridine rings is 1. The van der Waals surface area contributed by atoms with Crippen LogP contribution in [0.1, 0.15) is 25.8 Å². The van der Waals surface area contributed by atoms with Crippen molar-refractivity contribution in [3.05, 3.63) is 36.5 Å². The molecule has 1 saturated heterocycles. The molecule has 0 radical (unpaired) electrons. The second kappa shape index (κ2) is 6.77. The van der Waals surface area contributed by atoms with Gasteiger partial charge in [-0.3, -0.25) is 9.59 Å². The van der Waals surface area contributed by atoms with Crippen LogP contribution in [0.4, 0.5) is 0 Å². The average molecular weight is 328 g/mol. The SMILES string of the molecule is CC(C)N1CC(C(=O)NCc2cccnc2-n2cncn2)CC1=O. The van der Waals surface area contributed by atoms with Gasteiger partial charge in [-0.15, -0.1) is 0 Å². The number of carbonyl (C=O) groups is 2. The Morgan fingerprint density at radius 1 is 1.46 bits per heavy atom. The van der Waals surface area contributed by atoms with E-state index in [1.165, 1.54) is 6.33 Å². The zero-order chi connectivity index (χ0) is 17.1. The lowest BCUT2D eigenvalue weighted by atomic mass is 10.1. The van der Waals surface area contributed by atoms with Crippen molar-refractivity contribution >= 4 is 11.8 Å². The third kappa shape index (κ3) is 3.27. The van der Waals surface area contributed by atoms with E-state index in [0.717, 1.165) is 5.56 Å². The lowest BCUT2D eigenvalue weighted by molar-refractivity contribution is -0.130. The van der Waals surface area contributed by atoms with Crippen molar-refractivity contribution in [2.24, 2.45) is 5.92 Å². The summed E-state index contributed by atoms with van der Waals surface area (Å²) >= 11 is 0. The Morgan fingerprint density at radius 2 is 2.29 bits per heavy atom. The largest absolute Gasteiger partial charge is 0.352 e. The number of amides is 2. The second-order valence-corrected chi connectivity index (χ2v) is 6.08. The molecule has 8 nitrogen and oxygen atoms in total. The van der Waals surface area contributed by atoms with Crippen LogP contribution in [0.5, 0.6) is 0 Å². The fraction of sp³-hybridized carbons (Fsp3) is 0.438. The zero-order valence-corrected chi connectivity index (χ0v) is 13.7. The monoisotopic (exact) mass is 328 g/mol. The topological polar surface area (TPSA) is 93.0 Å². The lowest BCUT2D eigenvalue weighted by Gasteiger charge is -2.20. The third-order valence-corrected chi connectivity index (χ3v) is 4.11. The molecule has 0 saturated carbocycles. The second-order valence-electron chi connectivity index (χ2n) is 6.08. The maximum Gasteiger partial charge on any atom is 0.225 e. The molecule has 0 aliphatic carbocycles. The Kier molecular flexibility index (Phi) is 4.54. The number of hydrogen-bond acceptors (Lipinski definition) is 5. The van der Waals surface area contributed by atoms with Crippen LogP contribution in [0.25, 0.3) is 5.82 Å². The Morgan fingerprint density at radius 3 is 2.96 bits per heavy atom. The minimum absolute atomic E-state index is 0.0369. The summed E-state index contributed by atoms with van der Waals surface area (Å²) in [7, 11) is 0. The molecular formula is C16H20N6O2. The van der Waals surface area contributed by atoms with Gasteiger partial charge in [-0.2, -0.15) is 5.10 Å². The van der Waals surface area contributed by atoms with Crippen LogP contribution in [-0.2, 0) is 16.1 Å². The number of carbonyl (C=O) groups excluding carboxylic acids is 2. The van der Waals surface area contributed by atoms with Crippen molar-refractivity contribution in [3.8, 4) is 5.82 Å². The van der Waals surface area contributed by atoms with E-state index in [1.807, 2.05) is 26.0 Å². The van der Waals surface area contributed by atoms with E-state index in [-0.39, 0.29) is 30.2 Å². The molecule has 2 aromatic heterocycles. The first-order valence-electron chi connectivity index (χ1n) is 7.92. The first kappa shape index (κ1) is 16.1. The Labute approximate surface area is 139 Å². The molecular weight excluding hydrogens is 308 g/mol. The Hall–Kier alpha value is -2.77. The van der Waals surface area contributed by atoms with Gasteiger partial charge in [0.05, 0.1) is 5.92 Å². The third-order valence-electron chi connectivity index (χ3n) is 4.11. The van der Waals surface area contributed by atoms with Gasteiger partial charge in [0.2, 0.25) is 11.8 Å². The zero-order valence-electron chi connectivity index (χ0n) is 13.7. The molecule has 8 heteroatoms. The van der Waals surface area contributed by atoms with Crippen molar-refractivity contribution in [1.29, 1.82) is 0 Å². The van der Waals surface area contributed by atoms with Crippen molar-refractivity contribution in [2.75, 3.05) is 6.54 Å². The molecule has 2 aromatic rings. The number of hydrogen-bond donors (Lipinski definition) is 1. The quantitative estimate of drug-likeness (QED) is 0.864. The standard InChI is InChI=1S/C16H20N6O2/c1-11(2)21-8-13(6-14(21)23)16(24)19-7-12-4-3-5-18-15(12)22-10-17-9-20-22/h3-5,9-11,13H,6-8H2,1-2H3,(H,19,24). The molecule has 24 heavy (non-hydrogen) atoms. The average Bonchev–Trinajstić information content (AvgIpc) is 3.22. The number of rotatable bonds is 5. The fourth-order valence-electron chi connectivity index (χ4n) is 2.83. The van der Waals surface area contributed by atoms with Gasteiger partial charge >= 0.3 is 0 Å². The van der Waals surface area contributed by atoms with E-state index in [2.05, 4.69) is 20.4 Å². The maximum atomic E-state index is 12.4. The van der Waals surface area contributed by atoms with Gasteiger partial charge in [0.25, 0.3) is 0 Å². The summed E-state index contributed by atoms with van der Waals surface area (Å²) in [6, 6.07) is 3.80. The smallest absolute Gasteiger partial charge is 0.225 e. The first-order valence-corrected chi connectivity index (χ1v) is 7.92. The molecule has 1 unspecified atom stereocenters. The van der Waals surface area contributed by atoms with Gasteiger partial charge < -0.3 is 10.2 Å². The molecule has 0 spiro atoms. The highest BCUT2D eigenvalue weighted by atomic mass is 16.2.